The van der Waals surface area contributed by atoms with Gasteiger partial charge >= 0.3 is 0 Å². The summed E-state index contributed by atoms with van der Waals surface area (Å²) in [7, 11) is 0. The summed E-state index contributed by atoms with van der Waals surface area (Å²) in [6.45, 7) is 7.16. The molecule has 1 fully saturated rings. The second-order valence-electron chi connectivity index (χ2n) is 5.09. The van der Waals surface area contributed by atoms with Gasteiger partial charge < -0.3 is 10.6 Å². The van der Waals surface area contributed by atoms with Gasteiger partial charge in [0.2, 0.25) is 0 Å². The third-order valence-corrected chi connectivity index (χ3v) is 3.57. The van der Waals surface area contributed by atoms with Gasteiger partial charge in [-0.3, -0.25) is 0 Å². The van der Waals surface area contributed by atoms with Crippen LogP contribution in [-0.2, 0) is 0 Å². The van der Waals surface area contributed by atoms with Gasteiger partial charge in [0.25, 0.3) is 0 Å². The number of aromatic nitrogens is 2. The van der Waals surface area contributed by atoms with Crippen molar-refractivity contribution in [2.24, 2.45) is 11.1 Å². The van der Waals surface area contributed by atoms with E-state index < -0.39 is 0 Å². The Bertz CT molecular complexity index is 356. The van der Waals surface area contributed by atoms with E-state index in [0.29, 0.717) is 5.41 Å². The van der Waals surface area contributed by atoms with E-state index in [-0.39, 0.29) is 0 Å². The summed E-state index contributed by atoms with van der Waals surface area (Å²) < 4.78 is 0. The highest BCUT2D eigenvalue weighted by Gasteiger charge is 2.29. The molecule has 0 aliphatic carbocycles. The van der Waals surface area contributed by atoms with Crippen molar-refractivity contribution in [2.45, 2.75) is 26.7 Å². The fraction of sp³-hybridized carbons (Fsp3) is 0.667. The van der Waals surface area contributed by atoms with E-state index in [1.165, 1.54) is 0 Å². The van der Waals surface area contributed by atoms with E-state index in [4.69, 9.17) is 5.73 Å². The molecule has 2 heterocycles. The predicted octanol–water partition coefficient (Wildman–Crippen LogP) is 1.35. The molecule has 0 radical (unpaired) electrons. The maximum Gasteiger partial charge on any atom is 0.151 e. The van der Waals surface area contributed by atoms with Crippen LogP contribution in [0.1, 0.15) is 25.3 Å². The second kappa shape index (κ2) is 4.37. The summed E-state index contributed by atoms with van der Waals surface area (Å²) in [6.07, 6.45) is 4.07. The summed E-state index contributed by atoms with van der Waals surface area (Å²) in [5, 5.41) is 8.18. The first-order valence-electron chi connectivity index (χ1n) is 5.87. The summed E-state index contributed by atoms with van der Waals surface area (Å²) in [6, 6.07) is 2.10. The van der Waals surface area contributed by atoms with E-state index in [0.717, 1.165) is 43.9 Å². The first-order valence-corrected chi connectivity index (χ1v) is 5.87. The van der Waals surface area contributed by atoms with Crippen LogP contribution < -0.4 is 10.6 Å². The quantitative estimate of drug-likeness (QED) is 0.817. The minimum Gasteiger partial charge on any atom is -0.355 e. The molecule has 16 heavy (non-hydrogen) atoms. The lowest BCUT2D eigenvalue weighted by Crippen LogP contribution is -2.42. The minimum absolute atomic E-state index is 0.313. The summed E-state index contributed by atoms with van der Waals surface area (Å²) in [5.41, 5.74) is 7.28. The fourth-order valence-electron chi connectivity index (χ4n) is 2.08. The predicted molar refractivity (Wildman–Crippen MR) is 65.4 cm³/mol. The average Bonchev–Trinajstić information content (AvgIpc) is 2.30. The smallest absolute Gasteiger partial charge is 0.151 e. The number of rotatable bonds is 2. The second-order valence-corrected chi connectivity index (χ2v) is 5.09. The zero-order valence-electron chi connectivity index (χ0n) is 10.1. The van der Waals surface area contributed by atoms with Crippen molar-refractivity contribution >= 4 is 5.82 Å². The lowest BCUT2D eigenvalue weighted by molar-refractivity contribution is 0.257. The summed E-state index contributed by atoms with van der Waals surface area (Å²) in [4.78, 5) is 2.30. The molecule has 2 N–H and O–H groups in total. The first-order chi connectivity index (χ1) is 7.63. The molecule has 88 valence electrons. The van der Waals surface area contributed by atoms with Crippen LogP contribution in [0.2, 0.25) is 0 Å². The number of nitrogens with two attached hydrogens (primary N) is 1. The van der Waals surface area contributed by atoms with Gasteiger partial charge in [0, 0.05) is 13.1 Å². The zero-order valence-corrected chi connectivity index (χ0v) is 10.1. The van der Waals surface area contributed by atoms with Gasteiger partial charge in [-0.15, -0.1) is 5.10 Å². The van der Waals surface area contributed by atoms with Crippen molar-refractivity contribution in [3.63, 3.8) is 0 Å². The number of aryl methyl sites for hydroxylation is 1. The molecule has 0 bridgehead atoms. The number of hydrogen-bond donors (Lipinski definition) is 1. The van der Waals surface area contributed by atoms with Gasteiger partial charge in [0.15, 0.2) is 5.82 Å². The Balaban J connectivity index is 2.04. The molecule has 0 aromatic carbocycles. The van der Waals surface area contributed by atoms with Gasteiger partial charge in [-0.1, -0.05) is 6.92 Å². The third-order valence-electron chi connectivity index (χ3n) is 3.57. The van der Waals surface area contributed by atoms with Crippen molar-refractivity contribution in [2.75, 3.05) is 24.5 Å². The van der Waals surface area contributed by atoms with Crippen molar-refractivity contribution in [1.29, 1.82) is 0 Å². The molecule has 4 nitrogen and oxygen atoms in total. The van der Waals surface area contributed by atoms with Gasteiger partial charge in [0.05, 0.1) is 6.20 Å². The van der Waals surface area contributed by atoms with E-state index in [2.05, 4.69) is 28.1 Å². The molecule has 0 amide bonds. The van der Waals surface area contributed by atoms with E-state index in [9.17, 15) is 0 Å². The third kappa shape index (κ3) is 2.32. The molecule has 0 saturated carbocycles. The van der Waals surface area contributed by atoms with Gasteiger partial charge in [-0.25, -0.2) is 0 Å². The normalized spacial score (nSPS) is 19.8. The van der Waals surface area contributed by atoms with Crippen LogP contribution in [0.25, 0.3) is 0 Å². The molecular formula is C12H20N4. The molecule has 4 heteroatoms. The number of anilines is 1. The van der Waals surface area contributed by atoms with E-state index in [1.807, 2.05) is 6.92 Å². The standard InChI is InChI=1S/C12H20N4/c1-10-7-11(15-14-8-10)16-5-3-12(2,9-13)4-6-16/h7-8H,3-6,9,13H2,1-2H3. The highest BCUT2D eigenvalue weighted by Crippen LogP contribution is 2.31. The largest absolute Gasteiger partial charge is 0.355 e. The highest BCUT2D eigenvalue weighted by molar-refractivity contribution is 5.39. The van der Waals surface area contributed by atoms with Crippen LogP contribution in [0.15, 0.2) is 12.3 Å². The molecule has 0 unspecified atom stereocenters. The van der Waals surface area contributed by atoms with Crippen LogP contribution in [0.4, 0.5) is 5.82 Å². The summed E-state index contributed by atoms with van der Waals surface area (Å²) in [5.74, 6) is 0.999. The Kier molecular flexibility index (Phi) is 3.10. The molecule has 1 aliphatic heterocycles. The lowest BCUT2D eigenvalue weighted by Gasteiger charge is -2.39. The molecule has 0 spiro atoms. The first kappa shape index (κ1) is 11.3. The van der Waals surface area contributed by atoms with Crippen LogP contribution in [0.3, 0.4) is 0 Å². The number of piperidine rings is 1. The molecule has 1 saturated heterocycles. The van der Waals surface area contributed by atoms with Crippen molar-refractivity contribution in [3.8, 4) is 0 Å². The van der Waals surface area contributed by atoms with Crippen molar-refractivity contribution in [1.82, 2.24) is 10.2 Å². The molecule has 0 atom stereocenters. The van der Waals surface area contributed by atoms with Gasteiger partial charge in [-0.05, 0) is 43.4 Å². The van der Waals surface area contributed by atoms with Crippen molar-refractivity contribution < 1.29 is 0 Å². The lowest BCUT2D eigenvalue weighted by atomic mass is 9.80. The molecule has 1 aromatic rings. The van der Waals surface area contributed by atoms with E-state index in [1.54, 1.807) is 6.20 Å². The Morgan fingerprint density at radius 1 is 1.44 bits per heavy atom. The van der Waals surface area contributed by atoms with Crippen LogP contribution in [0.5, 0.6) is 0 Å². The summed E-state index contributed by atoms with van der Waals surface area (Å²) >= 11 is 0. The molecule has 1 aliphatic rings. The number of nitrogens with zero attached hydrogens (tertiary/aromatic N) is 3. The zero-order chi connectivity index (χ0) is 11.6. The highest BCUT2D eigenvalue weighted by atomic mass is 15.3. The maximum atomic E-state index is 5.80. The van der Waals surface area contributed by atoms with Crippen LogP contribution in [-0.4, -0.2) is 29.8 Å². The Hall–Kier alpha value is -1.16. The SMILES string of the molecule is Cc1cnnc(N2CCC(C)(CN)CC2)c1. The molecule has 2 rings (SSSR count). The molecule has 1 aromatic heterocycles. The Labute approximate surface area is 96.9 Å². The van der Waals surface area contributed by atoms with Crippen molar-refractivity contribution in [3.05, 3.63) is 17.8 Å². The topological polar surface area (TPSA) is 55.0 Å². The maximum absolute atomic E-state index is 5.80. The van der Waals surface area contributed by atoms with Gasteiger partial charge in [0.1, 0.15) is 0 Å². The minimum atomic E-state index is 0.313. The van der Waals surface area contributed by atoms with Crippen LogP contribution in [0, 0.1) is 12.3 Å². The fourth-order valence-corrected chi connectivity index (χ4v) is 2.08. The van der Waals surface area contributed by atoms with Gasteiger partial charge in [-0.2, -0.15) is 5.10 Å². The number of hydrogen-bond acceptors (Lipinski definition) is 4. The average molecular weight is 220 g/mol. The van der Waals surface area contributed by atoms with Crippen LogP contribution >= 0.6 is 0 Å². The Morgan fingerprint density at radius 2 is 2.12 bits per heavy atom. The molecular weight excluding hydrogens is 200 g/mol. The van der Waals surface area contributed by atoms with E-state index >= 15 is 0 Å². The Morgan fingerprint density at radius 3 is 2.69 bits per heavy atom. The monoisotopic (exact) mass is 220 g/mol.